The number of nitrogens with zero attached hydrogens (tertiary/aromatic N) is 1. The van der Waals surface area contributed by atoms with Crippen molar-refractivity contribution in [3.63, 3.8) is 0 Å². The van der Waals surface area contributed by atoms with Gasteiger partial charge in [0.15, 0.2) is 0 Å². The lowest BCUT2D eigenvalue weighted by Crippen LogP contribution is -2.42. The third-order valence-corrected chi connectivity index (χ3v) is 6.20. The van der Waals surface area contributed by atoms with Crippen molar-refractivity contribution in [2.45, 2.75) is 53.0 Å². The summed E-state index contributed by atoms with van der Waals surface area (Å²) in [6.07, 6.45) is 4.64. The Kier molecular flexibility index (Phi) is 6.09. The highest BCUT2D eigenvalue weighted by atomic mass is 16.5. The van der Waals surface area contributed by atoms with Crippen LogP contribution in [0.3, 0.4) is 0 Å². The number of ether oxygens (including phenoxy) is 1. The van der Waals surface area contributed by atoms with Gasteiger partial charge < -0.3 is 15.0 Å². The van der Waals surface area contributed by atoms with Crippen LogP contribution in [0.25, 0.3) is 0 Å². The van der Waals surface area contributed by atoms with Crippen molar-refractivity contribution in [3.05, 3.63) is 65.9 Å². The first-order chi connectivity index (χ1) is 15.3. The minimum absolute atomic E-state index is 0.0968. The highest BCUT2D eigenvalue weighted by Gasteiger charge is 2.45. The largest absolute Gasteiger partial charge is 0.494 e. The molecule has 1 aliphatic heterocycles. The molecule has 2 atom stereocenters. The van der Waals surface area contributed by atoms with E-state index >= 15 is 0 Å². The number of amides is 1. The average molecular weight is 433 g/mol. The molecule has 2 aromatic rings. The fraction of sp³-hybridized carbons (Fsp3) is 0.407. The second-order valence-electron chi connectivity index (χ2n) is 9.46. The lowest BCUT2D eigenvalue weighted by Gasteiger charge is -2.39. The average Bonchev–Trinajstić information content (AvgIpc) is 2.87. The molecule has 0 aromatic heterocycles. The molecule has 0 radical (unpaired) electrons. The summed E-state index contributed by atoms with van der Waals surface area (Å²) in [4.78, 5) is 28.4. The molecular weight excluding hydrogens is 400 g/mol. The molecule has 2 aliphatic rings. The summed E-state index contributed by atoms with van der Waals surface area (Å²) in [5.41, 5.74) is 3.14. The minimum atomic E-state index is -0.467. The Balaban J connectivity index is 1.88. The number of nitrogens with one attached hydrogen (secondary N) is 1. The van der Waals surface area contributed by atoms with Crippen molar-refractivity contribution in [2.24, 2.45) is 11.3 Å². The molecule has 5 nitrogen and oxygen atoms in total. The van der Waals surface area contributed by atoms with Crippen LogP contribution in [-0.2, 0) is 9.59 Å². The van der Waals surface area contributed by atoms with Crippen LogP contribution in [0.5, 0.6) is 5.75 Å². The molecule has 1 N–H and O–H groups in total. The topological polar surface area (TPSA) is 58.6 Å². The maximum atomic E-state index is 13.5. The summed E-state index contributed by atoms with van der Waals surface area (Å²) < 4.78 is 5.95. The molecule has 1 aliphatic carbocycles. The highest BCUT2D eigenvalue weighted by molar-refractivity contribution is 6.00. The van der Waals surface area contributed by atoms with Crippen molar-refractivity contribution in [1.29, 1.82) is 0 Å². The highest BCUT2D eigenvalue weighted by Crippen LogP contribution is 2.48. The Hall–Kier alpha value is -3.08. The molecule has 0 saturated carbocycles. The summed E-state index contributed by atoms with van der Waals surface area (Å²) in [6.45, 7) is 8.49. The molecule has 0 unspecified atom stereocenters. The van der Waals surface area contributed by atoms with Gasteiger partial charge in [0.25, 0.3) is 0 Å². The first kappa shape index (κ1) is 22.1. The zero-order chi connectivity index (χ0) is 22.9. The first-order valence-corrected chi connectivity index (χ1v) is 11.4. The van der Waals surface area contributed by atoms with Gasteiger partial charge in [0, 0.05) is 19.0 Å². The predicted octanol–water partition coefficient (Wildman–Crippen LogP) is 5.88. The summed E-state index contributed by atoms with van der Waals surface area (Å²) in [5, 5.41) is 3.50. The van der Waals surface area contributed by atoms with Crippen LogP contribution in [0.1, 0.15) is 58.6 Å². The number of allylic oxidation sites excluding steroid dienone is 1. The van der Waals surface area contributed by atoms with E-state index in [1.54, 1.807) is 11.8 Å². The number of hydrogen-bond acceptors (Lipinski definition) is 4. The zero-order valence-corrected chi connectivity index (χ0v) is 19.4. The first-order valence-electron chi connectivity index (χ1n) is 11.4. The van der Waals surface area contributed by atoms with Crippen LogP contribution in [-0.4, -0.2) is 18.3 Å². The Labute approximate surface area is 190 Å². The SMILES string of the molecule is CCCCOc1cccc([C@@H]2[C@@H]3C(=O)CC(C)(C)C=C3Nc3ccccc3N2C(C)=O)c1. The quantitative estimate of drug-likeness (QED) is 0.599. The van der Waals surface area contributed by atoms with E-state index in [0.29, 0.717) is 13.0 Å². The number of carbonyl (C=O) groups is 2. The second-order valence-corrected chi connectivity index (χ2v) is 9.46. The predicted molar refractivity (Wildman–Crippen MR) is 128 cm³/mol. The smallest absolute Gasteiger partial charge is 0.224 e. The number of para-hydroxylation sites is 2. The van der Waals surface area contributed by atoms with Crippen LogP contribution in [0, 0.1) is 11.3 Å². The zero-order valence-electron chi connectivity index (χ0n) is 19.4. The maximum Gasteiger partial charge on any atom is 0.224 e. The number of anilines is 2. The molecule has 1 amide bonds. The summed E-state index contributed by atoms with van der Waals surface area (Å²) in [7, 11) is 0. The second kappa shape index (κ2) is 8.81. The van der Waals surface area contributed by atoms with Crippen molar-refractivity contribution < 1.29 is 14.3 Å². The Morgan fingerprint density at radius 3 is 2.72 bits per heavy atom. The molecule has 0 fully saturated rings. The fourth-order valence-electron chi connectivity index (χ4n) is 4.83. The van der Waals surface area contributed by atoms with Crippen LogP contribution in [0.4, 0.5) is 11.4 Å². The number of unbranched alkanes of at least 4 members (excludes halogenated alkanes) is 1. The molecule has 0 saturated heterocycles. The van der Waals surface area contributed by atoms with Gasteiger partial charge in [-0.1, -0.05) is 57.5 Å². The van der Waals surface area contributed by atoms with E-state index in [1.165, 1.54) is 0 Å². The lowest BCUT2D eigenvalue weighted by atomic mass is 9.72. The fourth-order valence-corrected chi connectivity index (χ4v) is 4.83. The van der Waals surface area contributed by atoms with Gasteiger partial charge in [0.05, 0.1) is 29.9 Å². The van der Waals surface area contributed by atoms with E-state index in [-0.39, 0.29) is 17.1 Å². The lowest BCUT2D eigenvalue weighted by molar-refractivity contribution is -0.125. The summed E-state index contributed by atoms with van der Waals surface area (Å²) in [5.74, 6) is 0.339. The number of benzene rings is 2. The number of fused-ring (bicyclic) bond motifs is 2. The van der Waals surface area contributed by atoms with Gasteiger partial charge in [-0.3, -0.25) is 9.59 Å². The molecule has 2 aromatic carbocycles. The normalized spacial score (nSPS) is 21.6. The van der Waals surface area contributed by atoms with Crippen LogP contribution >= 0.6 is 0 Å². The summed E-state index contributed by atoms with van der Waals surface area (Å²) >= 11 is 0. The van der Waals surface area contributed by atoms with Crippen molar-refractivity contribution in [2.75, 3.05) is 16.8 Å². The van der Waals surface area contributed by atoms with E-state index in [1.807, 2.05) is 48.5 Å². The van der Waals surface area contributed by atoms with Gasteiger partial charge >= 0.3 is 0 Å². The summed E-state index contributed by atoms with van der Waals surface area (Å²) in [6, 6.07) is 15.2. The number of Topliss-reactive ketones (excluding diaryl/α,β-unsaturated/α-hetero) is 1. The monoisotopic (exact) mass is 432 g/mol. The van der Waals surface area contributed by atoms with Gasteiger partial charge in [-0.25, -0.2) is 0 Å². The molecule has 1 heterocycles. The van der Waals surface area contributed by atoms with Gasteiger partial charge in [-0.2, -0.15) is 0 Å². The molecule has 4 rings (SSSR count). The van der Waals surface area contributed by atoms with Crippen LogP contribution in [0.2, 0.25) is 0 Å². The number of rotatable bonds is 5. The van der Waals surface area contributed by atoms with Crippen molar-refractivity contribution in [1.82, 2.24) is 0 Å². The Morgan fingerprint density at radius 1 is 1.19 bits per heavy atom. The van der Waals surface area contributed by atoms with E-state index in [9.17, 15) is 9.59 Å². The molecule has 0 spiro atoms. The molecule has 5 heteroatoms. The van der Waals surface area contributed by atoms with Gasteiger partial charge in [0.2, 0.25) is 5.91 Å². The third kappa shape index (κ3) is 4.29. The molecule has 168 valence electrons. The van der Waals surface area contributed by atoms with Gasteiger partial charge in [-0.05, 0) is 41.7 Å². The third-order valence-electron chi connectivity index (χ3n) is 6.20. The molecule has 32 heavy (non-hydrogen) atoms. The van der Waals surface area contributed by atoms with Gasteiger partial charge in [0.1, 0.15) is 11.5 Å². The molecule has 0 bridgehead atoms. The minimum Gasteiger partial charge on any atom is -0.494 e. The Bertz CT molecular complexity index is 1060. The maximum absolute atomic E-state index is 13.5. The number of carbonyl (C=O) groups excluding carboxylic acids is 2. The van der Waals surface area contributed by atoms with Gasteiger partial charge in [-0.15, -0.1) is 0 Å². The van der Waals surface area contributed by atoms with E-state index in [4.69, 9.17) is 4.74 Å². The molecular formula is C27H32N2O3. The van der Waals surface area contributed by atoms with Crippen LogP contribution in [0.15, 0.2) is 60.3 Å². The van der Waals surface area contributed by atoms with E-state index in [0.717, 1.165) is 41.2 Å². The number of ketones is 1. The van der Waals surface area contributed by atoms with Crippen LogP contribution < -0.4 is 15.0 Å². The number of hydrogen-bond donors (Lipinski definition) is 1. The van der Waals surface area contributed by atoms with Crippen molar-refractivity contribution in [3.8, 4) is 5.75 Å². The van der Waals surface area contributed by atoms with E-state index < -0.39 is 12.0 Å². The standard InChI is InChI=1S/C27H32N2O3/c1-5-6-14-32-20-11-9-10-19(15-20)26-25-22(16-27(3,4)17-24(25)31)28-21-12-7-8-13-23(21)29(26)18(2)30/h7-13,15-16,25-26,28H,5-6,14,17H2,1-4H3/t25-,26+/m0/s1. The van der Waals surface area contributed by atoms with Crippen molar-refractivity contribution >= 4 is 23.1 Å². The Morgan fingerprint density at radius 2 is 1.97 bits per heavy atom. The van der Waals surface area contributed by atoms with E-state index in [2.05, 4.69) is 32.2 Å².